The molecule has 1 saturated carbocycles. The smallest absolute Gasteiger partial charge is 0.549 e. The van der Waals surface area contributed by atoms with Crippen molar-refractivity contribution in [2.45, 2.75) is 64.5 Å². The normalized spacial score (nSPS) is 20.1. The van der Waals surface area contributed by atoms with Gasteiger partial charge in [-0.1, -0.05) is 26.7 Å². The van der Waals surface area contributed by atoms with Crippen LogP contribution < -0.4 is 21.7 Å². The van der Waals surface area contributed by atoms with Crippen LogP contribution in [0.1, 0.15) is 52.4 Å². The summed E-state index contributed by atoms with van der Waals surface area (Å²) in [7, 11) is 0. The van der Waals surface area contributed by atoms with E-state index in [4.69, 9.17) is 11.5 Å². The fraction of sp³-hybridized carbons (Fsp3) is 0.875. The molecule has 0 aromatic rings. The third-order valence-corrected chi connectivity index (χ3v) is 4.31. The number of nitrogens with two attached hydrogens (primary N) is 2. The van der Waals surface area contributed by atoms with Crippen molar-refractivity contribution in [1.82, 2.24) is 4.90 Å². The first-order valence-corrected chi connectivity index (χ1v) is 8.48. The van der Waals surface area contributed by atoms with Gasteiger partial charge in [-0.2, -0.15) is 0 Å². The van der Waals surface area contributed by atoms with Crippen molar-refractivity contribution < 1.29 is 40.9 Å². The average Bonchev–Trinajstić information content (AvgIpc) is 2.50. The van der Waals surface area contributed by atoms with Gasteiger partial charge in [0.25, 0.3) is 0 Å². The molecule has 8 heteroatoms. The molecule has 0 bridgehead atoms. The molecule has 0 radical (unpaired) electrons. The predicted octanol–water partition coefficient (Wildman–Crippen LogP) is -1.56. The number of carbonyl (C=O) groups is 2. The van der Waals surface area contributed by atoms with Gasteiger partial charge in [0.1, 0.15) is 0 Å². The van der Waals surface area contributed by atoms with Gasteiger partial charge in [0.2, 0.25) is 0 Å². The van der Waals surface area contributed by atoms with Gasteiger partial charge in [0.05, 0.1) is 11.9 Å². The molecule has 0 heterocycles. The molecule has 1 aliphatic carbocycles. The van der Waals surface area contributed by atoms with Gasteiger partial charge in [-0.25, -0.2) is 0 Å². The van der Waals surface area contributed by atoms with E-state index in [-0.39, 0.29) is 39.6 Å². The van der Waals surface area contributed by atoms with E-state index >= 15 is 0 Å². The number of carboxylic acid groups (broad SMARTS) is 2. The minimum absolute atomic E-state index is 0. The Bertz CT molecular complexity index is 330. The molecule has 2 unspecified atom stereocenters. The topological polar surface area (TPSA) is 136 Å². The quantitative estimate of drug-likeness (QED) is 0.367. The zero-order valence-corrected chi connectivity index (χ0v) is 16.9. The monoisotopic (exact) mass is 524 g/mol. The Labute approximate surface area is 159 Å². The van der Waals surface area contributed by atoms with Crippen LogP contribution in [0.2, 0.25) is 0 Å². The summed E-state index contributed by atoms with van der Waals surface area (Å²) in [6, 6.07) is 0.562. The minimum atomic E-state index is -1.56. The van der Waals surface area contributed by atoms with Crippen molar-refractivity contribution in [3.05, 3.63) is 0 Å². The molecular weight excluding hydrogens is 493 g/mol. The molecule has 1 fully saturated rings. The summed E-state index contributed by atoms with van der Waals surface area (Å²) in [5.74, 6) is -4.61. The number of nitrogens with zero attached hydrogens (tertiary/aromatic N) is 1. The Morgan fingerprint density at radius 2 is 1.46 bits per heavy atom. The second-order valence-electron chi connectivity index (χ2n) is 5.97. The van der Waals surface area contributed by atoms with Crippen LogP contribution in [0.5, 0.6) is 0 Å². The molecule has 1 aliphatic rings. The maximum Gasteiger partial charge on any atom is 2.00 e. The summed E-state index contributed by atoms with van der Waals surface area (Å²) in [6.45, 7) is 6.44. The first kappa shape index (κ1) is 25.7. The standard InChI is InChI=1S/C10H19NO4.C6H14N2.Pt/c1-3-11(4-2)7-5-6-8(9(12)13)10(14)15;7-5-3-1-2-4-6(5)8;/h8H,3-7H2,1-2H3,(H,12,13)(H,14,15);5-6H,1-4,7-8H2;/q;;+2/p-2. The van der Waals surface area contributed by atoms with Crippen molar-refractivity contribution >= 4 is 11.9 Å². The molecule has 2 atom stereocenters. The number of rotatable bonds is 8. The van der Waals surface area contributed by atoms with Crippen molar-refractivity contribution in [3.63, 3.8) is 0 Å². The van der Waals surface area contributed by atoms with E-state index in [0.717, 1.165) is 25.9 Å². The molecule has 4 N–H and O–H groups in total. The summed E-state index contributed by atoms with van der Waals surface area (Å²) in [4.78, 5) is 22.9. The molecule has 0 spiro atoms. The molecule has 0 aliphatic heterocycles. The van der Waals surface area contributed by atoms with Crippen LogP contribution in [-0.4, -0.2) is 48.6 Å². The third-order valence-electron chi connectivity index (χ3n) is 4.31. The van der Waals surface area contributed by atoms with Crippen molar-refractivity contribution in [1.29, 1.82) is 0 Å². The van der Waals surface area contributed by atoms with Gasteiger partial charge >= 0.3 is 21.1 Å². The average molecular weight is 525 g/mol. The Morgan fingerprint density at radius 1 is 1.04 bits per heavy atom. The minimum Gasteiger partial charge on any atom is -0.549 e. The Kier molecular flexibility index (Phi) is 15.9. The van der Waals surface area contributed by atoms with Crippen LogP contribution in [0.15, 0.2) is 0 Å². The number of hydrogen-bond acceptors (Lipinski definition) is 7. The summed E-state index contributed by atoms with van der Waals surface area (Å²) in [6.07, 6.45) is 5.39. The fourth-order valence-electron chi connectivity index (χ4n) is 2.58. The van der Waals surface area contributed by atoms with Crippen molar-refractivity contribution in [2.75, 3.05) is 19.6 Å². The van der Waals surface area contributed by atoms with E-state index in [9.17, 15) is 19.8 Å². The maximum atomic E-state index is 10.4. The fourth-order valence-corrected chi connectivity index (χ4v) is 2.58. The van der Waals surface area contributed by atoms with Gasteiger partial charge in [0.15, 0.2) is 0 Å². The summed E-state index contributed by atoms with van der Waals surface area (Å²) in [5, 5.41) is 20.8. The molecule has 1 rings (SSSR count). The van der Waals surface area contributed by atoms with E-state index in [2.05, 4.69) is 4.90 Å². The van der Waals surface area contributed by atoms with E-state index in [0.29, 0.717) is 13.0 Å². The summed E-state index contributed by atoms with van der Waals surface area (Å²) >= 11 is 0. The van der Waals surface area contributed by atoms with Crippen LogP contribution in [-0.2, 0) is 30.7 Å². The first-order valence-electron chi connectivity index (χ1n) is 8.48. The molecule has 0 saturated heterocycles. The second-order valence-corrected chi connectivity index (χ2v) is 5.97. The number of aliphatic carboxylic acids is 2. The summed E-state index contributed by atoms with van der Waals surface area (Å²) in [5.41, 5.74) is 11.3. The van der Waals surface area contributed by atoms with Crippen molar-refractivity contribution in [2.24, 2.45) is 17.4 Å². The largest absolute Gasteiger partial charge is 2.00 e. The van der Waals surface area contributed by atoms with Gasteiger partial charge in [0, 0.05) is 18.0 Å². The van der Waals surface area contributed by atoms with Gasteiger partial charge < -0.3 is 36.2 Å². The Balaban J connectivity index is 0. The van der Waals surface area contributed by atoms with Gasteiger partial charge in [-0.15, -0.1) is 0 Å². The van der Waals surface area contributed by atoms with Crippen LogP contribution in [0.4, 0.5) is 0 Å². The first-order chi connectivity index (χ1) is 10.8. The van der Waals surface area contributed by atoms with E-state index in [1.807, 2.05) is 13.8 Å². The van der Waals surface area contributed by atoms with Crippen LogP contribution in [0.3, 0.4) is 0 Å². The van der Waals surface area contributed by atoms with Crippen LogP contribution in [0.25, 0.3) is 0 Å². The molecule has 0 amide bonds. The predicted molar refractivity (Wildman–Crippen MR) is 84.9 cm³/mol. The molecule has 7 nitrogen and oxygen atoms in total. The van der Waals surface area contributed by atoms with Gasteiger partial charge in [-0.3, -0.25) is 0 Å². The number of hydrogen-bond donors (Lipinski definition) is 2. The Morgan fingerprint density at radius 3 is 1.75 bits per heavy atom. The SMILES string of the molecule is CCN(CC)CCCC(C(=O)[O-])C(=O)[O-].NC1CCCCC1N.[Pt+2]. The number of carbonyl (C=O) groups excluding carboxylic acids is 2. The second kappa shape index (κ2) is 14.8. The van der Waals surface area contributed by atoms with E-state index in [1.54, 1.807) is 0 Å². The molecule has 24 heavy (non-hydrogen) atoms. The Hall–Kier alpha value is -0.492. The zero-order chi connectivity index (χ0) is 17.8. The van der Waals surface area contributed by atoms with Gasteiger partial charge in [-0.05, 0) is 45.3 Å². The van der Waals surface area contributed by atoms with E-state index < -0.39 is 17.9 Å². The summed E-state index contributed by atoms with van der Waals surface area (Å²) < 4.78 is 0. The molecule has 0 aromatic carbocycles. The third kappa shape index (κ3) is 11.1. The van der Waals surface area contributed by atoms with Crippen LogP contribution in [0, 0.1) is 5.92 Å². The zero-order valence-electron chi connectivity index (χ0n) is 14.6. The number of carboxylic acids is 2. The maximum absolute atomic E-state index is 10.4. The molecule has 144 valence electrons. The van der Waals surface area contributed by atoms with Crippen LogP contribution >= 0.6 is 0 Å². The molecular formula is C16H31N3O4Pt. The van der Waals surface area contributed by atoms with E-state index in [1.165, 1.54) is 12.8 Å². The van der Waals surface area contributed by atoms with Crippen molar-refractivity contribution in [3.8, 4) is 0 Å². The molecule has 0 aromatic heterocycles.